The fourth-order valence-electron chi connectivity index (χ4n) is 2.65. The monoisotopic (exact) mass is 349 g/mol. The second-order valence-corrected chi connectivity index (χ2v) is 6.56. The quantitative estimate of drug-likeness (QED) is 0.766. The first-order chi connectivity index (χ1) is 11.8. The summed E-state index contributed by atoms with van der Waals surface area (Å²) in [6, 6.07) is 5.95. The molecule has 1 aromatic rings. The van der Waals surface area contributed by atoms with Crippen LogP contribution >= 0.6 is 0 Å². The number of amides is 3. The Balaban J connectivity index is 1.74. The summed E-state index contributed by atoms with van der Waals surface area (Å²) in [5.41, 5.74) is 0.957. The zero-order valence-electron chi connectivity index (χ0n) is 14.5. The van der Waals surface area contributed by atoms with E-state index in [1.807, 2.05) is 0 Å². The predicted octanol–water partition coefficient (Wildman–Crippen LogP) is 0.858. The summed E-state index contributed by atoms with van der Waals surface area (Å²) in [6.07, 6.45) is 0.893. The van der Waals surface area contributed by atoms with Crippen molar-refractivity contribution >= 4 is 17.7 Å². The minimum atomic E-state index is -0.299. The number of halogens is 1. The van der Waals surface area contributed by atoms with Gasteiger partial charge < -0.3 is 15.5 Å². The Morgan fingerprint density at radius 2 is 1.96 bits per heavy atom. The fraction of sp³-hybridized carbons (Fsp3) is 0.500. The first-order valence-corrected chi connectivity index (χ1v) is 8.44. The van der Waals surface area contributed by atoms with Crippen molar-refractivity contribution in [1.29, 1.82) is 0 Å². The number of rotatable bonds is 7. The molecule has 1 fully saturated rings. The molecule has 7 heteroatoms. The van der Waals surface area contributed by atoms with E-state index in [4.69, 9.17) is 0 Å². The van der Waals surface area contributed by atoms with Gasteiger partial charge in [0.05, 0.1) is 12.6 Å². The van der Waals surface area contributed by atoms with Gasteiger partial charge in [0, 0.05) is 25.4 Å². The maximum atomic E-state index is 12.9. The molecule has 25 heavy (non-hydrogen) atoms. The smallest absolute Gasteiger partial charge is 0.239 e. The third-order valence-corrected chi connectivity index (χ3v) is 4.11. The minimum Gasteiger partial charge on any atom is -0.350 e. The first kappa shape index (κ1) is 18.9. The molecule has 6 nitrogen and oxygen atoms in total. The number of benzene rings is 1. The van der Waals surface area contributed by atoms with E-state index >= 15 is 0 Å². The molecule has 1 atom stereocenters. The van der Waals surface area contributed by atoms with E-state index < -0.39 is 0 Å². The van der Waals surface area contributed by atoms with E-state index in [9.17, 15) is 18.8 Å². The van der Waals surface area contributed by atoms with Crippen LogP contribution in [0.3, 0.4) is 0 Å². The van der Waals surface area contributed by atoms with E-state index in [0.717, 1.165) is 5.56 Å². The van der Waals surface area contributed by atoms with Crippen molar-refractivity contribution < 1.29 is 18.8 Å². The maximum absolute atomic E-state index is 12.9. The number of carbonyl (C=O) groups is 3. The summed E-state index contributed by atoms with van der Waals surface area (Å²) < 4.78 is 12.9. The number of nitrogens with zero attached hydrogens (tertiary/aromatic N) is 1. The van der Waals surface area contributed by atoms with Crippen LogP contribution in [0.4, 0.5) is 4.39 Å². The molecule has 1 saturated heterocycles. The Labute approximate surface area is 146 Å². The van der Waals surface area contributed by atoms with Gasteiger partial charge in [-0.1, -0.05) is 26.0 Å². The summed E-state index contributed by atoms with van der Waals surface area (Å²) in [5.74, 6) is -0.958. The lowest BCUT2D eigenvalue weighted by molar-refractivity contribution is -0.128. The summed E-state index contributed by atoms with van der Waals surface area (Å²) >= 11 is 0. The van der Waals surface area contributed by atoms with Crippen molar-refractivity contribution in [3.8, 4) is 0 Å². The number of nitrogens with one attached hydrogen (secondary N) is 2. The van der Waals surface area contributed by atoms with Crippen LogP contribution in [0.5, 0.6) is 0 Å². The van der Waals surface area contributed by atoms with Crippen LogP contribution in [-0.4, -0.2) is 48.3 Å². The standard InChI is InChI=1S/C18H24FN3O3/c1-12(2)18(25)20-10-16(23)21-15-9-17(24)22(11-15)8-7-13-3-5-14(19)6-4-13/h3-6,12,15H,7-11H2,1-2H3,(H,20,25)(H,21,23)/t15-/m1/s1. The van der Waals surface area contributed by atoms with Crippen LogP contribution in [0.1, 0.15) is 25.8 Å². The Morgan fingerprint density at radius 1 is 1.28 bits per heavy atom. The lowest BCUT2D eigenvalue weighted by Gasteiger charge is -2.17. The average molecular weight is 349 g/mol. The molecule has 136 valence electrons. The SMILES string of the molecule is CC(C)C(=O)NCC(=O)N[C@@H]1CC(=O)N(CCc2ccc(F)cc2)C1. The van der Waals surface area contributed by atoms with Crippen molar-refractivity contribution in [3.63, 3.8) is 0 Å². The zero-order valence-corrected chi connectivity index (χ0v) is 14.5. The van der Waals surface area contributed by atoms with Crippen molar-refractivity contribution in [3.05, 3.63) is 35.6 Å². The molecule has 0 bridgehead atoms. The Kier molecular flexibility index (Phi) is 6.50. The topological polar surface area (TPSA) is 78.5 Å². The number of hydrogen-bond acceptors (Lipinski definition) is 3. The van der Waals surface area contributed by atoms with Gasteiger partial charge in [-0.05, 0) is 24.1 Å². The molecule has 3 amide bonds. The summed E-state index contributed by atoms with van der Waals surface area (Å²) in [6.45, 7) is 4.39. The Morgan fingerprint density at radius 3 is 2.60 bits per heavy atom. The Hall–Kier alpha value is -2.44. The number of carbonyl (C=O) groups excluding carboxylic acids is 3. The average Bonchev–Trinajstić information content (AvgIpc) is 2.91. The van der Waals surface area contributed by atoms with Crippen LogP contribution in [0, 0.1) is 11.7 Å². The lowest BCUT2D eigenvalue weighted by Crippen LogP contribution is -2.43. The highest BCUT2D eigenvalue weighted by Crippen LogP contribution is 2.13. The van der Waals surface area contributed by atoms with Crippen molar-refractivity contribution in [2.75, 3.05) is 19.6 Å². The Bertz CT molecular complexity index is 631. The fourth-order valence-corrected chi connectivity index (χ4v) is 2.65. The summed E-state index contributed by atoms with van der Waals surface area (Å²) in [4.78, 5) is 37.0. The largest absolute Gasteiger partial charge is 0.350 e. The normalized spacial score (nSPS) is 17.0. The molecule has 1 aliphatic rings. The van der Waals surface area contributed by atoms with E-state index in [1.54, 1.807) is 30.9 Å². The van der Waals surface area contributed by atoms with Gasteiger partial charge in [-0.2, -0.15) is 0 Å². The molecule has 0 aromatic heterocycles. The zero-order chi connectivity index (χ0) is 18.4. The van der Waals surface area contributed by atoms with Gasteiger partial charge in [0.25, 0.3) is 0 Å². The highest BCUT2D eigenvalue weighted by molar-refractivity contribution is 5.86. The molecule has 1 aromatic carbocycles. The molecule has 2 rings (SSSR count). The van der Waals surface area contributed by atoms with E-state index in [1.165, 1.54) is 12.1 Å². The second kappa shape index (κ2) is 8.60. The molecule has 1 heterocycles. The van der Waals surface area contributed by atoms with Crippen LogP contribution < -0.4 is 10.6 Å². The third kappa shape index (κ3) is 5.85. The van der Waals surface area contributed by atoms with Crippen molar-refractivity contribution in [2.24, 2.45) is 5.92 Å². The van der Waals surface area contributed by atoms with Gasteiger partial charge in [0.1, 0.15) is 5.82 Å². The summed E-state index contributed by atoms with van der Waals surface area (Å²) in [5, 5.41) is 5.32. The van der Waals surface area contributed by atoms with Crippen molar-refractivity contribution in [2.45, 2.75) is 32.7 Å². The lowest BCUT2D eigenvalue weighted by atomic mass is 10.1. The van der Waals surface area contributed by atoms with E-state index in [-0.39, 0.29) is 48.5 Å². The first-order valence-electron chi connectivity index (χ1n) is 8.44. The highest BCUT2D eigenvalue weighted by Gasteiger charge is 2.30. The van der Waals surface area contributed by atoms with Gasteiger partial charge in [0.15, 0.2) is 0 Å². The van der Waals surface area contributed by atoms with E-state index in [0.29, 0.717) is 19.5 Å². The molecule has 2 N–H and O–H groups in total. The van der Waals surface area contributed by atoms with Crippen LogP contribution in [0.15, 0.2) is 24.3 Å². The van der Waals surface area contributed by atoms with Gasteiger partial charge >= 0.3 is 0 Å². The minimum absolute atomic E-state index is 0.0152. The van der Waals surface area contributed by atoms with E-state index in [2.05, 4.69) is 10.6 Å². The van der Waals surface area contributed by atoms with Crippen molar-refractivity contribution in [1.82, 2.24) is 15.5 Å². The molecule has 0 aliphatic carbocycles. The molecule has 0 unspecified atom stereocenters. The highest BCUT2D eigenvalue weighted by atomic mass is 19.1. The molecule has 0 spiro atoms. The van der Waals surface area contributed by atoms with Gasteiger partial charge in [-0.15, -0.1) is 0 Å². The predicted molar refractivity (Wildman–Crippen MR) is 91.1 cm³/mol. The second-order valence-electron chi connectivity index (χ2n) is 6.56. The number of likely N-dealkylation sites (tertiary alicyclic amines) is 1. The van der Waals surface area contributed by atoms with Gasteiger partial charge in [-0.25, -0.2) is 4.39 Å². The van der Waals surface area contributed by atoms with Crippen LogP contribution in [-0.2, 0) is 20.8 Å². The number of hydrogen-bond donors (Lipinski definition) is 2. The maximum Gasteiger partial charge on any atom is 0.239 e. The molecule has 0 radical (unpaired) electrons. The third-order valence-electron chi connectivity index (χ3n) is 4.11. The van der Waals surface area contributed by atoms with Gasteiger partial charge in [-0.3, -0.25) is 14.4 Å². The molecule has 0 saturated carbocycles. The molecular formula is C18H24FN3O3. The molecular weight excluding hydrogens is 325 g/mol. The van der Waals surface area contributed by atoms with Crippen LogP contribution in [0.2, 0.25) is 0 Å². The van der Waals surface area contributed by atoms with Gasteiger partial charge in [0.2, 0.25) is 17.7 Å². The summed E-state index contributed by atoms with van der Waals surface area (Å²) in [7, 11) is 0. The van der Waals surface area contributed by atoms with Crippen LogP contribution in [0.25, 0.3) is 0 Å². The molecule has 1 aliphatic heterocycles.